The third kappa shape index (κ3) is 3.55. The van der Waals surface area contributed by atoms with Gasteiger partial charge >= 0.3 is 6.03 Å². The van der Waals surface area contributed by atoms with Crippen LogP contribution in [0, 0.1) is 0 Å². The molecule has 0 saturated carbocycles. The number of hydrogen-bond donors (Lipinski definition) is 2. The Bertz CT molecular complexity index is 911. The molecule has 27 heavy (non-hydrogen) atoms. The second kappa shape index (κ2) is 7.45. The van der Waals surface area contributed by atoms with Gasteiger partial charge in [0.25, 0.3) is 5.91 Å². The van der Waals surface area contributed by atoms with Gasteiger partial charge in [-0.05, 0) is 30.0 Å². The average Bonchev–Trinajstić information content (AvgIpc) is 2.98. The fraction of sp³-hybridized carbons (Fsp3) is 0.238. The van der Waals surface area contributed by atoms with Crippen molar-refractivity contribution < 1.29 is 9.59 Å². The smallest absolute Gasteiger partial charge is 0.319 e. The first kappa shape index (κ1) is 17.6. The van der Waals surface area contributed by atoms with Gasteiger partial charge in [0.1, 0.15) is 0 Å². The van der Waals surface area contributed by atoms with Crippen molar-refractivity contribution in [2.45, 2.75) is 18.9 Å². The normalized spacial score (nSPS) is 19.0. The predicted octanol–water partition coefficient (Wildman–Crippen LogP) is 3.42. The summed E-state index contributed by atoms with van der Waals surface area (Å²) >= 11 is 6.31. The minimum atomic E-state index is -0.519. The molecule has 2 aliphatic rings. The van der Waals surface area contributed by atoms with Crippen LogP contribution in [0.25, 0.3) is 0 Å². The topological polar surface area (TPSA) is 61.4 Å². The lowest BCUT2D eigenvalue weighted by Crippen LogP contribution is -2.44. The van der Waals surface area contributed by atoms with Crippen LogP contribution in [0.15, 0.2) is 65.9 Å². The van der Waals surface area contributed by atoms with E-state index in [0.717, 1.165) is 18.4 Å². The summed E-state index contributed by atoms with van der Waals surface area (Å²) in [6.07, 6.45) is 1.78. The lowest BCUT2D eigenvalue weighted by atomic mass is 9.96. The molecule has 0 bridgehead atoms. The van der Waals surface area contributed by atoms with E-state index in [1.807, 2.05) is 36.4 Å². The number of carbonyl (C=O) groups is 2. The van der Waals surface area contributed by atoms with Gasteiger partial charge in [-0.25, -0.2) is 4.79 Å². The zero-order valence-corrected chi connectivity index (χ0v) is 15.5. The second-order valence-corrected chi connectivity index (χ2v) is 7.17. The van der Waals surface area contributed by atoms with Crippen LogP contribution in [0.5, 0.6) is 0 Å². The fourth-order valence-electron chi connectivity index (χ4n) is 3.67. The molecule has 0 aromatic heterocycles. The van der Waals surface area contributed by atoms with Crippen molar-refractivity contribution in [3.63, 3.8) is 0 Å². The number of benzene rings is 2. The Morgan fingerprint density at radius 3 is 2.56 bits per heavy atom. The standard InChI is InChI=1S/C21H20ClN3O2/c22-16-11-5-4-10-15(16)19-18-17(23-21(27)24-19)13-25(20(18)26)12-6-9-14-7-2-1-3-8-14/h1-5,7-8,10-11,19H,6,9,12-13H2,(H2,23,24,27). The van der Waals surface area contributed by atoms with Crippen molar-refractivity contribution in [2.24, 2.45) is 0 Å². The summed E-state index contributed by atoms with van der Waals surface area (Å²) in [6, 6.07) is 16.7. The van der Waals surface area contributed by atoms with E-state index < -0.39 is 6.04 Å². The second-order valence-electron chi connectivity index (χ2n) is 6.76. The zero-order chi connectivity index (χ0) is 18.8. The van der Waals surface area contributed by atoms with Crippen molar-refractivity contribution in [1.82, 2.24) is 15.5 Å². The van der Waals surface area contributed by atoms with Gasteiger partial charge < -0.3 is 15.5 Å². The molecule has 2 aliphatic heterocycles. The number of halogens is 1. The highest BCUT2D eigenvalue weighted by molar-refractivity contribution is 6.31. The summed E-state index contributed by atoms with van der Waals surface area (Å²) in [5.74, 6) is -0.0459. The maximum absolute atomic E-state index is 13.0. The SMILES string of the molecule is O=C1NC2=C(C(=O)N(CCCc3ccccc3)C2)C(c2ccccc2Cl)N1. The van der Waals surface area contributed by atoms with Crippen molar-refractivity contribution in [1.29, 1.82) is 0 Å². The first-order chi connectivity index (χ1) is 13.1. The molecule has 2 aromatic rings. The van der Waals surface area contributed by atoms with Gasteiger partial charge in [0.05, 0.1) is 23.9 Å². The third-order valence-electron chi connectivity index (χ3n) is 4.97. The molecule has 5 nitrogen and oxygen atoms in total. The molecule has 1 unspecified atom stereocenters. The minimum absolute atomic E-state index is 0.0459. The summed E-state index contributed by atoms with van der Waals surface area (Å²) in [6.45, 7) is 1.07. The maximum atomic E-state index is 13.0. The Morgan fingerprint density at radius 2 is 1.78 bits per heavy atom. The van der Waals surface area contributed by atoms with Crippen LogP contribution in [0.4, 0.5) is 4.79 Å². The molecule has 1 atom stereocenters. The summed E-state index contributed by atoms with van der Waals surface area (Å²) in [7, 11) is 0. The first-order valence-electron chi connectivity index (χ1n) is 9.01. The number of nitrogens with zero attached hydrogens (tertiary/aromatic N) is 1. The lowest BCUT2D eigenvalue weighted by Gasteiger charge is -2.26. The van der Waals surface area contributed by atoms with Gasteiger partial charge in [-0.3, -0.25) is 4.79 Å². The molecule has 2 aromatic carbocycles. The number of urea groups is 1. The molecule has 2 heterocycles. The molecule has 2 N–H and O–H groups in total. The van der Waals surface area contributed by atoms with E-state index in [1.54, 1.807) is 11.0 Å². The molecular weight excluding hydrogens is 362 g/mol. The monoisotopic (exact) mass is 381 g/mol. The number of amides is 3. The van der Waals surface area contributed by atoms with Crippen molar-refractivity contribution in [2.75, 3.05) is 13.1 Å². The number of aryl methyl sites for hydroxylation is 1. The highest BCUT2D eigenvalue weighted by atomic mass is 35.5. The molecule has 0 aliphatic carbocycles. The van der Waals surface area contributed by atoms with Crippen molar-refractivity contribution in [3.8, 4) is 0 Å². The predicted molar refractivity (Wildman–Crippen MR) is 104 cm³/mol. The number of hydrogen-bond acceptors (Lipinski definition) is 2. The zero-order valence-electron chi connectivity index (χ0n) is 14.7. The van der Waals surface area contributed by atoms with Crippen LogP contribution in [-0.2, 0) is 11.2 Å². The summed E-state index contributed by atoms with van der Waals surface area (Å²) in [4.78, 5) is 26.9. The summed E-state index contributed by atoms with van der Waals surface area (Å²) in [5.41, 5.74) is 3.25. The number of carbonyl (C=O) groups excluding carboxylic acids is 2. The first-order valence-corrected chi connectivity index (χ1v) is 9.39. The van der Waals surface area contributed by atoms with Crippen LogP contribution in [0.2, 0.25) is 5.02 Å². The van der Waals surface area contributed by atoms with E-state index in [4.69, 9.17) is 11.6 Å². The highest BCUT2D eigenvalue weighted by Gasteiger charge is 2.40. The Hall–Kier alpha value is -2.79. The Labute approximate surface area is 163 Å². The van der Waals surface area contributed by atoms with Gasteiger partial charge in [0.2, 0.25) is 0 Å². The largest absolute Gasteiger partial charge is 0.333 e. The van der Waals surface area contributed by atoms with Crippen LogP contribution in [-0.4, -0.2) is 29.9 Å². The average molecular weight is 382 g/mol. The molecule has 0 saturated heterocycles. The molecule has 4 rings (SSSR count). The molecular formula is C21H20ClN3O2. The van der Waals surface area contributed by atoms with Gasteiger partial charge in [-0.1, -0.05) is 60.1 Å². The maximum Gasteiger partial charge on any atom is 0.319 e. The van der Waals surface area contributed by atoms with E-state index >= 15 is 0 Å². The van der Waals surface area contributed by atoms with E-state index in [0.29, 0.717) is 29.4 Å². The van der Waals surface area contributed by atoms with Crippen LogP contribution in [0.3, 0.4) is 0 Å². The van der Waals surface area contributed by atoms with Crippen LogP contribution in [0.1, 0.15) is 23.6 Å². The summed E-state index contributed by atoms with van der Waals surface area (Å²) in [5, 5.41) is 6.16. The minimum Gasteiger partial charge on any atom is -0.333 e. The van der Waals surface area contributed by atoms with E-state index in [9.17, 15) is 9.59 Å². The van der Waals surface area contributed by atoms with E-state index in [2.05, 4.69) is 22.8 Å². The van der Waals surface area contributed by atoms with E-state index in [1.165, 1.54) is 5.56 Å². The van der Waals surface area contributed by atoms with Crippen molar-refractivity contribution in [3.05, 3.63) is 82.0 Å². The molecule has 138 valence electrons. The number of rotatable bonds is 5. The van der Waals surface area contributed by atoms with Crippen LogP contribution < -0.4 is 10.6 Å². The Morgan fingerprint density at radius 1 is 1.04 bits per heavy atom. The summed E-state index contributed by atoms with van der Waals surface area (Å²) < 4.78 is 0. The van der Waals surface area contributed by atoms with Gasteiger partial charge in [-0.2, -0.15) is 0 Å². The molecule has 3 amide bonds. The van der Waals surface area contributed by atoms with Crippen molar-refractivity contribution >= 4 is 23.5 Å². The Balaban J connectivity index is 1.49. The quantitative estimate of drug-likeness (QED) is 0.833. The highest BCUT2D eigenvalue weighted by Crippen LogP contribution is 2.35. The fourth-order valence-corrected chi connectivity index (χ4v) is 3.91. The molecule has 0 radical (unpaired) electrons. The molecule has 6 heteroatoms. The molecule has 0 fully saturated rings. The third-order valence-corrected chi connectivity index (χ3v) is 5.32. The van der Waals surface area contributed by atoms with Crippen LogP contribution >= 0.6 is 11.6 Å². The lowest BCUT2D eigenvalue weighted by molar-refractivity contribution is -0.125. The van der Waals surface area contributed by atoms with Gasteiger partial charge in [0, 0.05) is 11.6 Å². The van der Waals surface area contributed by atoms with Gasteiger partial charge in [-0.15, -0.1) is 0 Å². The van der Waals surface area contributed by atoms with Gasteiger partial charge in [0.15, 0.2) is 0 Å². The Kier molecular flexibility index (Phi) is 4.86. The number of nitrogens with one attached hydrogen (secondary N) is 2. The van der Waals surface area contributed by atoms with E-state index in [-0.39, 0.29) is 11.9 Å². The molecule has 0 spiro atoms.